The van der Waals surface area contributed by atoms with Crippen LogP contribution in [0.15, 0.2) is 78.9 Å². The Hall–Kier alpha value is -2.78. The normalized spacial score (nSPS) is 18.8. The van der Waals surface area contributed by atoms with Gasteiger partial charge < -0.3 is 10.1 Å². The number of rotatable bonds is 3. The molecule has 0 bridgehead atoms. The lowest BCUT2D eigenvalue weighted by molar-refractivity contribution is 0.0212. The Bertz CT molecular complexity index is 893. The van der Waals surface area contributed by atoms with Crippen LogP contribution in [0.25, 0.3) is 0 Å². The van der Waals surface area contributed by atoms with E-state index in [2.05, 4.69) is 5.32 Å². The summed E-state index contributed by atoms with van der Waals surface area (Å²) in [6.45, 7) is 0. The second-order valence-electron chi connectivity index (χ2n) is 5.61. The van der Waals surface area contributed by atoms with Gasteiger partial charge in [0.2, 0.25) is 5.72 Å². The van der Waals surface area contributed by atoms with E-state index in [0.717, 1.165) is 16.8 Å². The van der Waals surface area contributed by atoms with Crippen LogP contribution in [-0.2, 0) is 10.5 Å². The molecule has 1 heterocycles. The number of fused-ring (bicyclic) bond motifs is 1. The molecule has 0 spiro atoms. The predicted octanol–water partition coefficient (Wildman–Crippen LogP) is 4.82. The maximum atomic E-state index is 12.4. The summed E-state index contributed by atoms with van der Waals surface area (Å²) in [5, 5.41) is 4.02. The van der Waals surface area contributed by atoms with Gasteiger partial charge in [-0.3, -0.25) is 0 Å². The number of ether oxygens (including phenoxy) is 1. The Labute approximate surface area is 144 Å². The summed E-state index contributed by atoms with van der Waals surface area (Å²) < 4.78 is 5.86. The number of benzene rings is 3. The summed E-state index contributed by atoms with van der Waals surface area (Å²) in [4.78, 5) is 12.4. The first-order chi connectivity index (χ1) is 11.7. The number of anilines is 1. The summed E-state index contributed by atoms with van der Waals surface area (Å²) in [6, 6.07) is 24.4. The van der Waals surface area contributed by atoms with Crippen molar-refractivity contribution in [2.45, 2.75) is 5.72 Å². The monoisotopic (exact) mass is 335 g/mol. The molecular weight excluding hydrogens is 322 g/mol. The second kappa shape index (κ2) is 5.69. The molecule has 0 unspecified atom stereocenters. The Morgan fingerprint density at radius 1 is 0.833 bits per heavy atom. The average molecular weight is 336 g/mol. The molecule has 1 aliphatic rings. The van der Waals surface area contributed by atoms with Crippen LogP contribution >= 0.6 is 11.6 Å². The van der Waals surface area contributed by atoms with Gasteiger partial charge in [-0.25, -0.2) is 4.79 Å². The zero-order chi connectivity index (χ0) is 16.6. The van der Waals surface area contributed by atoms with Crippen molar-refractivity contribution in [3.63, 3.8) is 0 Å². The molecule has 0 saturated heterocycles. The highest BCUT2D eigenvalue weighted by atomic mass is 35.5. The topological polar surface area (TPSA) is 38.3 Å². The molecule has 1 atom stereocenters. The minimum absolute atomic E-state index is 0.344. The van der Waals surface area contributed by atoms with Crippen molar-refractivity contribution in [1.29, 1.82) is 0 Å². The maximum absolute atomic E-state index is 12.4. The number of para-hydroxylation sites is 1. The van der Waals surface area contributed by atoms with E-state index in [1.807, 2.05) is 60.7 Å². The SMILES string of the molecule is O=C1O[C@](Nc2ccccc2)(c2ccc(Cl)cc2)c2ccccc21. The van der Waals surface area contributed by atoms with Crippen molar-refractivity contribution >= 4 is 23.3 Å². The summed E-state index contributed by atoms with van der Waals surface area (Å²) >= 11 is 6.02. The zero-order valence-corrected chi connectivity index (χ0v) is 13.5. The van der Waals surface area contributed by atoms with Crippen LogP contribution in [0, 0.1) is 0 Å². The molecule has 0 radical (unpaired) electrons. The molecule has 0 aliphatic carbocycles. The molecule has 0 amide bonds. The third kappa shape index (κ3) is 2.34. The van der Waals surface area contributed by atoms with Gasteiger partial charge in [-0.2, -0.15) is 0 Å². The first-order valence-electron chi connectivity index (χ1n) is 7.61. The lowest BCUT2D eigenvalue weighted by Gasteiger charge is -2.31. The number of hydrogen-bond donors (Lipinski definition) is 1. The molecule has 4 rings (SSSR count). The minimum Gasteiger partial charge on any atom is -0.427 e. The summed E-state index contributed by atoms with van der Waals surface area (Å²) in [5.41, 5.74) is 1.96. The third-order valence-electron chi connectivity index (χ3n) is 4.12. The van der Waals surface area contributed by atoms with Crippen LogP contribution in [0.2, 0.25) is 5.02 Å². The molecule has 118 valence electrons. The fourth-order valence-corrected chi connectivity index (χ4v) is 3.13. The van der Waals surface area contributed by atoms with E-state index in [9.17, 15) is 4.79 Å². The van der Waals surface area contributed by atoms with Crippen LogP contribution in [-0.4, -0.2) is 5.97 Å². The standard InChI is InChI=1S/C20H14ClNO2/c21-15-12-10-14(11-13-15)20(22-16-6-2-1-3-7-16)18-9-5-4-8-17(18)19(23)24-20/h1-13,22H/t20-/m1/s1. The largest absolute Gasteiger partial charge is 0.427 e. The Balaban J connectivity index is 1.91. The zero-order valence-electron chi connectivity index (χ0n) is 12.7. The fraction of sp³-hybridized carbons (Fsp3) is 0.0500. The number of carbonyl (C=O) groups excluding carboxylic acids is 1. The molecule has 3 aromatic carbocycles. The number of halogens is 1. The van der Waals surface area contributed by atoms with Gasteiger partial charge in [0.05, 0.1) is 5.56 Å². The van der Waals surface area contributed by atoms with Crippen molar-refractivity contribution in [2.24, 2.45) is 0 Å². The lowest BCUT2D eigenvalue weighted by atomic mass is 9.92. The number of nitrogens with one attached hydrogen (secondary N) is 1. The quantitative estimate of drug-likeness (QED) is 0.697. The predicted molar refractivity (Wildman–Crippen MR) is 94.2 cm³/mol. The van der Waals surface area contributed by atoms with Gasteiger partial charge in [0.15, 0.2) is 0 Å². The molecule has 4 heteroatoms. The molecule has 3 nitrogen and oxygen atoms in total. The van der Waals surface area contributed by atoms with Crippen LogP contribution in [0.4, 0.5) is 5.69 Å². The highest BCUT2D eigenvalue weighted by Gasteiger charge is 2.47. The molecule has 3 aromatic rings. The van der Waals surface area contributed by atoms with E-state index in [1.54, 1.807) is 18.2 Å². The van der Waals surface area contributed by atoms with Crippen molar-refractivity contribution in [3.8, 4) is 0 Å². The van der Waals surface area contributed by atoms with E-state index in [1.165, 1.54) is 0 Å². The van der Waals surface area contributed by atoms with E-state index >= 15 is 0 Å². The summed E-state index contributed by atoms with van der Waals surface area (Å²) in [7, 11) is 0. The van der Waals surface area contributed by atoms with Gasteiger partial charge >= 0.3 is 5.97 Å². The molecular formula is C20H14ClNO2. The smallest absolute Gasteiger partial charge is 0.341 e. The Morgan fingerprint density at radius 2 is 1.50 bits per heavy atom. The first kappa shape index (κ1) is 14.8. The molecule has 0 aromatic heterocycles. The molecule has 1 aliphatic heterocycles. The third-order valence-corrected chi connectivity index (χ3v) is 4.37. The van der Waals surface area contributed by atoms with Crippen LogP contribution in [0.1, 0.15) is 21.5 Å². The summed E-state index contributed by atoms with van der Waals surface area (Å²) in [6.07, 6.45) is 0. The second-order valence-corrected chi connectivity index (χ2v) is 6.05. The number of carbonyl (C=O) groups is 1. The maximum Gasteiger partial charge on any atom is 0.341 e. The van der Waals surface area contributed by atoms with Gasteiger partial charge in [-0.1, -0.05) is 60.1 Å². The van der Waals surface area contributed by atoms with E-state index in [0.29, 0.717) is 10.6 Å². The number of esters is 1. The van der Waals surface area contributed by atoms with Gasteiger partial charge in [0, 0.05) is 21.8 Å². The van der Waals surface area contributed by atoms with Gasteiger partial charge in [-0.05, 0) is 30.3 Å². The highest BCUT2D eigenvalue weighted by Crippen LogP contribution is 2.42. The van der Waals surface area contributed by atoms with Crippen molar-refractivity contribution in [1.82, 2.24) is 0 Å². The van der Waals surface area contributed by atoms with E-state index < -0.39 is 5.72 Å². The van der Waals surface area contributed by atoms with E-state index in [-0.39, 0.29) is 5.97 Å². The van der Waals surface area contributed by atoms with Crippen LogP contribution < -0.4 is 5.32 Å². The van der Waals surface area contributed by atoms with Crippen LogP contribution in [0.5, 0.6) is 0 Å². The Morgan fingerprint density at radius 3 is 2.25 bits per heavy atom. The molecule has 0 saturated carbocycles. The van der Waals surface area contributed by atoms with Crippen molar-refractivity contribution < 1.29 is 9.53 Å². The summed E-state index contributed by atoms with van der Waals surface area (Å²) in [5.74, 6) is -0.344. The fourth-order valence-electron chi connectivity index (χ4n) is 3.01. The first-order valence-corrected chi connectivity index (χ1v) is 7.99. The van der Waals surface area contributed by atoms with Gasteiger partial charge in [-0.15, -0.1) is 0 Å². The molecule has 0 fully saturated rings. The van der Waals surface area contributed by atoms with Gasteiger partial charge in [0.1, 0.15) is 0 Å². The molecule has 24 heavy (non-hydrogen) atoms. The molecule has 1 N–H and O–H groups in total. The lowest BCUT2D eigenvalue weighted by Crippen LogP contribution is -2.36. The van der Waals surface area contributed by atoms with Crippen LogP contribution in [0.3, 0.4) is 0 Å². The van der Waals surface area contributed by atoms with Crippen molar-refractivity contribution in [3.05, 3.63) is 101 Å². The average Bonchev–Trinajstić information content (AvgIpc) is 2.90. The Kier molecular flexibility index (Phi) is 3.51. The van der Waals surface area contributed by atoms with Gasteiger partial charge in [0.25, 0.3) is 0 Å². The highest BCUT2D eigenvalue weighted by molar-refractivity contribution is 6.30. The number of hydrogen-bond acceptors (Lipinski definition) is 3. The minimum atomic E-state index is -1.07. The van der Waals surface area contributed by atoms with E-state index in [4.69, 9.17) is 16.3 Å². The van der Waals surface area contributed by atoms with Crippen molar-refractivity contribution in [2.75, 3.05) is 5.32 Å². The number of cyclic esters (lactones) is 1.